The number of amides is 1. The molecule has 0 bridgehead atoms. The first-order chi connectivity index (χ1) is 9.11. The molecule has 1 aromatic carbocycles. The van der Waals surface area contributed by atoms with Gasteiger partial charge in [-0.05, 0) is 38.8 Å². The third kappa shape index (κ3) is 3.16. The minimum absolute atomic E-state index is 0.128. The fourth-order valence-electron chi connectivity index (χ4n) is 2.43. The van der Waals surface area contributed by atoms with Gasteiger partial charge < -0.3 is 9.88 Å². The minimum Gasteiger partial charge on any atom is -0.354 e. The van der Waals surface area contributed by atoms with Crippen LogP contribution in [0, 0.1) is 0 Å². The molecule has 1 N–H and O–H groups in total. The van der Waals surface area contributed by atoms with Crippen LogP contribution in [0.15, 0.2) is 30.5 Å². The maximum absolute atomic E-state index is 11.7. The topological polar surface area (TPSA) is 34.0 Å². The highest BCUT2D eigenvalue weighted by molar-refractivity contribution is 5.85. The Morgan fingerprint density at radius 3 is 2.74 bits per heavy atom. The van der Waals surface area contributed by atoms with E-state index < -0.39 is 0 Å². The van der Waals surface area contributed by atoms with Crippen LogP contribution in [0.25, 0.3) is 10.9 Å². The van der Waals surface area contributed by atoms with Gasteiger partial charge in [0.05, 0.1) is 0 Å². The Morgan fingerprint density at radius 1 is 1.32 bits per heavy atom. The van der Waals surface area contributed by atoms with Gasteiger partial charge in [0, 0.05) is 36.1 Å². The molecule has 0 saturated carbocycles. The normalized spacial score (nSPS) is 11.2. The zero-order chi connectivity index (χ0) is 13.8. The zero-order valence-corrected chi connectivity index (χ0v) is 11.9. The maximum Gasteiger partial charge on any atom is 0.220 e. The van der Waals surface area contributed by atoms with Gasteiger partial charge in [0.2, 0.25) is 5.91 Å². The summed E-state index contributed by atoms with van der Waals surface area (Å²) in [7, 11) is 0. The van der Waals surface area contributed by atoms with Gasteiger partial charge in [0.25, 0.3) is 0 Å². The predicted octanol–water partition coefficient (Wildman–Crippen LogP) is 3.12. The van der Waals surface area contributed by atoms with Gasteiger partial charge >= 0.3 is 0 Å². The fourth-order valence-corrected chi connectivity index (χ4v) is 2.43. The molecule has 3 nitrogen and oxygen atoms in total. The third-order valence-corrected chi connectivity index (χ3v) is 3.28. The van der Waals surface area contributed by atoms with Crippen molar-refractivity contribution in [2.24, 2.45) is 0 Å². The Morgan fingerprint density at radius 2 is 2.05 bits per heavy atom. The number of fused-ring (bicyclic) bond motifs is 1. The van der Waals surface area contributed by atoms with E-state index in [-0.39, 0.29) is 11.9 Å². The average Bonchev–Trinajstić information content (AvgIpc) is 2.74. The van der Waals surface area contributed by atoms with Crippen LogP contribution in [0.2, 0.25) is 0 Å². The van der Waals surface area contributed by atoms with E-state index in [1.165, 1.54) is 16.5 Å². The number of hydrogen-bond donors (Lipinski definition) is 1. The first-order valence-electron chi connectivity index (χ1n) is 6.98. The number of nitrogens with one attached hydrogen (secondary N) is 1. The van der Waals surface area contributed by atoms with Crippen LogP contribution < -0.4 is 5.32 Å². The summed E-state index contributed by atoms with van der Waals surface area (Å²) >= 11 is 0. The molecule has 0 fully saturated rings. The summed E-state index contributed by atoms with van der Waals surface area (Å²) in [6.45, 7) is 7.07. The standard InChI is InChI=1S/C16H22N2O/c1-4-18-11-13(9-10-16(19)17-12(2)3)14-7-5-6-8-15(14)18/h5-8,11-12H,4,9-10H2,1-3H3,(H,17,19). The second-order valence-electron chi connectivity index (χ2n) is 5.18. The quantitative estimate of drug-likeness (QED) is 0.878. The summed E-state index contributed by atoms with van der Waals surface area (Å²) in [5.41, 5.74) is 2.51. The van der Waals surface area contributed by atoms with Gasteiger partial charge in [-0.25, -0.2) is 0 Å². The van der Waals surface area contributed by atoms with E-state index >= 15 is 0 Å². The SMILES string of the molecule is CCn1cc(CCC(=O)NC(C)C)c2ccccc21. The van der Waals surface area contributed by atoms with E-state index in [4.69, 9.17) is 0 Å². The van der Waals surface area contributed by atoms with E-state index in [1.807, 2.05) is 13.8 Å². The molecule has 19 heavy (non-hydrogen) atoms. The lowest BCUT2D eigenvalue weighted by Gasteiger charge is -2.07. The van der Waals surface area contributed by atoms with Crippen LogP contribution in [0.4, 0.5) is 0 Å². The number of rotatable bonds is 5. The molecule has 0 aliphatic heterocycles. The molecule has 0 aliphatic carbocycles. The largest absolute Gasteiger partial charge is 0.354 e. The van der Waals surface area contributed by atoms with Gasteiger partial charge in [-0.2, -0.15) is 0 Å². The monoisotopic (exact) mass is 258 g/mol. The molecule has 0 spiro atoms. The van der Waals surface area contributed by atoms with Gasteiger partial charge in [-0.3, -0.25) is 4.79 Å². The van der Waals surface area contributed by atoms with Crippen molar-refractivity contribution in [3.63, 3.8) is 0 Å². The van der Waals surface area contributed by atoms with E-state index in [0.717, 1.165) is 13.0 Å². The highest BCUT2D eigenvalue weighted by Crippen LogP contribution is 2.22. The smallest absolute Gasteiger partial charge is 0.220 e. The average molecular weight is 258 g/mol. The Balaban J connectivity index is 2.15. The molecule has 0 radical (unpaired) electrons. The first kappa shape index (κ1) is 13.7. The highest BCUT2D eigenvalue weighted by atomic mass is 16.1. The van der Waals surface area contributed by atoms with Crippen LogP contribution in [0.5, 0.6) is 0 Å². The third-order valence-electron chi connectivity index (χ3n) is 3.28. The second kappa shape index (κ2) is 5.91. The van der Waals surface area contributed by atoms with E-state index in [2.05, 4.69) is 47.3 Å². The van der Waals surface area contributed by atoms with Crippen LogP contribution in [0.1, 0.15) is 32.8 Å². The van der Waals surface area contributed by atoms with Gasteiger partial charge in [-0.1, -0.05) is 18.2 Å². The zero-order valence-electron chi connectivity index (χ0n) is 11.9. The number of hydrogen-bond acceptors (Lipinski definition) is 1. The van der Waals surface area contributed by atoms with Crippen molar-refractivity contribution in [2.45, 2.75) is 46.2 Å². The van der Waals surface area contributed by atoms with Crippen molar-refractivity contribution in [1.82, 2.24) is 9.88 Å². The lowest BCUT2D eigenvalue weighted by molar-refractivity contribution is -0.121. The summed E-state index contributed by atoms with van der Waals surface area (Å²) < 4.78 is 2.24. The molecule has 3 heteroatoms. The van der Waals surface area contributed by atoms with Crippen molar-refractivity contribution >= 4 is 16.8 Å². The summed E-state index contributed by atoms with van der Waals surface area (Å²) in [5.74, 6) is 0.128. The van der Waals surface area contributed by atoms with Crippen molar-refractivity contribution in [3.8, 4) is 0 Å². The van der Waals surface area contributed by atoms with E-state index in [9.17, 15) is 4.79 Å². The van der Waals surface area contributed by atoms with Gasteiger partial charge in [0.1, 0.15) is 0 Å². The Labute approximate surface area is 114 Å². The van der Waals surface area contributed by atoms with Crippen molar-refractivity contribution in [2.75, 3.05) is 0 Å². The van der Waals surface area contributed by atoms with Crippen molar-refractivity contribution in [3.05, 3.63) is 36.0 Å². The molecule has 2 rings (SSSR count). The summed E-state index contributed by atoms with van der Waals surface area (Å²) in [5, 5.41) is 4.20. The molecule has 102 valence electrons. The Hall–Kier alpha value is -1.77. The number of aryl methyl sites for hydroxylation is 2. The number of benzene rings is 1. The molecule has 1 heterocycles. The van der Waals surface area contributed by atoms with E-state index in [0.29, 0.717) is 6.42 Å². The maximum atomic E-state index is 11.7. The molecule has 0 aliphatic rings. The number of para-hydroxylation sites is 1. The van der Waals surface area contributed by atoms with Crippen LogP contribution in [-0.4, -0.2) is 16.5 Å². The molecular weight excluding hydrogens is 236 g/mol. The Bertz CT molecular complexity index is 569. The molecular formula is C16H22N2O. The van der Waals surface area contributed by atoms with E-state index in [1.54, 1.807) is 0 Å². The predicted molar refractivity (Wildman–Crippen MR) is 79.2 cm³/mol. The highest BCUT2D eigenvalue weighted by Gasteiger charge is 2.09. The number of carbonyl (C=O) groups is 1. The van der Waals surface area contributed by atoms with Crippen molar-refractivity contribution < 1.29 is 4.79 Å². The molecule has 0 atom stereocenters. The first-order valence-corrected chi connectivity index (χ1v) is 6.98. The lowest BCUT2D eigenvalue weighted by atomic mass is 10.1. The van der Waals surface area contributed by atoms with Crippen LogP contribution in [-0.2, 0) is 17.8 Å². The van der Waals surface area contributed by atoms with Crippen LogP contribution >= 0.6 is 0 Å². The Kier molecular flexibility index (Phi) is 4.25. The second-order valence-corrected chi connectivity index (χ2v) is 5.18. The number of nitrogens with zero attached hydrogens (tertiary/aromatic N) is 1. The molecule has 1 aromatic heterocycles. The van der Waals surface area contributed by atoms with Gasteiger partial charge in [0.15, 0.2) is 0 Å². The minimum atomic E-state index is 0.128. The lowest BCUT2D eigenvalue weighted by Crippen LogP contribution is -2.30. The van der Waals surface area contributed by atoms with Crippen molar-refractivity contribution in [1.29, 1.82) is 0 Å². The molecule has 0 unspecified atom stereocenters. The summed E-state index contributed by atoms with van der Waals surface area (Å²) in [6.07, 6.45) is 3.52. The summed E-state index contributed by atoms with van der Waals surface area (Å²) in [6, 6.07) is 8.60. The number of aromatic nitrogens is 1. The molecule has 0 saturated heterocycles. The van der Waals surface area contributed by atoms with Gasteiger partial charge in [-0.15, -0.1) is 0 Å². The fraction of sp³-hybridized carbons (Fsp3) is 0.438. The summed E-state index contributed by atoms with van der Waals surface area (Å²) in [4.78, 5) is 11.7. The molecule has 1 amide bonds. The molecule has 2 aromatic rings. The van der Waals surface area contributed by atoms with Crippen LogP contribution in [0.3, 0.4) is 0 Å². The number of carbonyl (C=O) groups excluding carboxylic acids is 1.